The Bertz CT molecular complexity index is 1160. The first-order valence-corrected chi connectivity index (χ1v) is 9.68. The van der Waals surface area contributed by atoms with E-state index in [0.717, 1.165) is 12.8 Å². The highest BCUT2D eigenvalue weighted by Gasteiger charge is 2.24. The first-order chi connectivity index (χ1) is 13.9. The van der Waals surface area contributed by atoms with Gasteiger partial charge in [-0.25, -0.2) is 4.68 Å². The number of aromatic nitrogens is 2. The van der Waals surface area contributed by atoms with Gasteiger partial charge in [0, 0.05) is 22.7 Å². The predicted molar refractivity (Wildman–Crippen MR) is 111 cm³/mol. The average molecular weight is 390 g/mol. The SMILES string of the molecule is CC(C)n1nc(C(=O)Nc2cccc(C(=O)NC3CC3)c2)c2ccccc2c1=O. The Labute approximate surface area is 167 Å². The molecule has 1 fully saturated rings. The van der Waals surface area contributed by atoms with E-state index in [0.29, 0.717) is 22.0 Å². The van der Waals surface area contributed by atoms with Crippen LogP contribution in [0, 0.1) is 0 Å². The molecule has 1 aromatic heterocycles. The maximum Gasteiger partial charge on any atom is 0.276 e. The van der Waals surface area contributed by atoms with Crippen molar-refractivity contribution in [1.29, 1.82) is 0 Å². The van der Waals surface area contributed by atoms with Gasteiger partial charge in [0.1, 0.15) is 0 Å². The highest BCUT2D eigenvalue weighted by molar-refractivity contribution is 6.11. The lowest BCUT2D eigenvalue weighted by Crippen LogP contribution is -2.29. The predicted octanol–water partition coefficient (Wildman–Crippen LogP) is 3.12. The molecule has 0 bridgehead atoms. The fraction of sp³-hybridized carbons (Fsp3) is 0.273. The zero-order valence-corrected chi connectivity index (χ0v) is 16.3. The molecular formula is C22H22N4O3. The van der Waals surface area contributed by atoms with Gasteiger partial charge >= 0.3 is 0 Å². The Hall–Kier alpha value is -3.48. The lowest BCUT2D eigenvalue weighted by atomic mass is 10.1. The van der Waals surface area contributed by atoms with Gasteiger partial charge in [0.25, 0.3) is 17.4 Å². The fourth-order valence-electron chi connectivity index (χ4n) is 3.15. The number of benzene rings is 2. The number of rotatable bonds is 5. The van der Waals surface area contributed by atoms with E-state index in [1.54, 1.807) is 48.5 Å². The van der Waals surface area contributed by atoms with Gasteiger partial charge in [0.15, 0.2) is 5.69 Å². The van der Waals surface area contributed by atoms with E-state index in [2.05, 4.69) is 15.7 Å². The molecule has 0 radical (unpaired) electrons. The summed E-state index contributed by atoms with van der Waals surface area (Å²) in [6.07, 6.45) is 2.01. The second kappa shape index (κ2) is 7.50. The Morgan fingerprint density at radius 1 is 1.03 bits per heavy atom. The van der Waals surface area contributed by atoms with Gasteiger partial charge in [0.2, 0.25) is 0 Å². The topological polar surface area (TPSA) is 93.1 Å². The minimum atomic E-state index is -0.435. The Morgan fingerprint density at radius 3 is 2.45 bits per heavy atom. The van der Waals surface area contributed by atoms with E-state index in [1.165, 1.54) is 4.68 Å². The highest BCUT2D eigenvalue weighted by Crippen LogP contribution is 2.21. The van der Waals surface area contributed by atoms with Crippen LogP contribution in [0.15, 0.2) is 53.3 Å². The molecule has 1 aliphatic carbocycles. The van der Waals surface area contributed by atoms with Crippen LogP contribution in [0.5, 0.6) is 0 Å². The second-order valence-electron chi connectivity index (χ2n) is 7.52. The van der Waals surface area contributed by atoms with Crippen molar-refractivity contribution in [2.75, 3.05) is 5.32 Å². The van der Waals surface area contributed by atoms with E-state index >= 15 is 0 Å². The molecule has 29 heavy (non-hydrogen) atoms. The third-order valence-corrected chi connectivity index (χ3v) is 4.83. The molecule has 0 saturated heterocycles. The fourth-order valence-corrected chi connectivity index (χ4v) is 3.15. The molecule has 3 aromatic rings. The van der Waals surface area contributed by atoms with Crippen LogP contribution in [0.4, 0.5) is 5.69 Å². The van der Waals surface area contributed by atoms with Crippen LogP contribution in [-0.2, 0) is 0 Å². The first kappa shape index (κ1) is 18.9. The second-order valence-corrected chi connectivity index (χ2v) is 7.52. The summed E-state index contributed by atoms with van der Waals surface area (Å²) < 4.78 is 1.32. The molecule has 0 spiro atoms. The Morgan fingerprint density at radius 2 is 1.76 bits per heavy atom. The number of nitrogens with zero attached hydrogens (tertiary/aromatic N) is 2. The van der Waals surface area contributed by atoms with Crippen molar-refractivity contribution in [3.63, 3.8) is 0 Å². The number of hydrogen-bond donors (Lipinski definition) is 2. The zero-order valence-electron chi connectivity index (χ0n) is 16.3. The molecule has 1 aliphatic rings. The van der Waals surface area contributed by atoms with Gasteiger partial charge in [-0.1, -0.05) is 24.3 Å². The molecule has 4 rings (SSSR count). The van der Waals surface area contributed by atoms with Gasteiger partial charge in [-0.3, -0.25) is 14.4 Å². The van der Waals surface area contributed by atoms with Gasteiger partial charge in [-0.05, 0) is 51.0 Å². The number of carbonyl (C=O) groups is 2. The van der Waals surface area contributed by atoms with Gasteiger partial charge in [0.05, 0.1) is 11.4 Å². The molecule has 0 atom stereocenters. The molecule has 0 aliphatic heterocycles. The Balaban J connectivity index is 1.67. The van der Waals surface area contributed by atoms with Gasteiger partial charge in [-0.15, -0.1) is 0 Å². The molecule has 1 heterocycles. The third-order valence-electron chi connectivity index (χ3n) is 4.83. The van der Waals surface area contributed by atoms with E-state index in [9.17, 15) is 14.4 Å². The van der Waals surface area contributed by atoms with E-state index in [4.69, 9.17) is 0 Å². The zero-order chi connectivity index (χ0) is 20.5. The molecule has 7 heteroatoms. The molecule has 7 nitrogen and oxygen atoms in total. The first-order valence-electron chi connectivity index (χ1n) is 9.68. The molecule has 1 saturated carbocycles. The average Bonchev–Trinajstić information content (AvgIpc) is 3.52. The van der Waals surface area contributed by atoms with E-state index in [-0.39, 0.29) is 29.2 Å². The molecule has 2 amide bonds. The van der Waals surface area contributed by atoms with Crippen molar-refractivity contribution in [3.05, 3.63) is 70.1 Å². The number of nitrogens with one attached hydrogen (secondary N) is 2. The summed E-state index contributed by atoms with van der Waals surface area (Å²) in [7, 11) is 0. The number of carbonyl (C=O) groups excluding carboxylic acids is 2. The van der Waals surface area contributed by atoms with Crippen LogP contribution < -0.4 is 16.2 Å². The van der Waals surface area contributed by atoms with Crippen molar-refractivity contribution in [2.45, 2.75) is 38.8 Å². The monoisotopic (exact) mass is 390 g/mol. The number of amides is 2. The largest absolute Gasteiger partial charge is 0.349 e. The van der Waals surface area contributed by atoms with E-state index < -0.39 is 5.91 Å². The number of fused-ring (bicyclic) bond motifs is 1. The molecular weight excluding hydrogens is 368 g/mol. The quantitative estimate of drug-likeness (QED) is 0.700. The molecule has 2 N–H and O–H groups in total. The molecule has 0 unspecified atom stereocenters. The van der Waals surface area contributed by atoms with Crippen LogP contribution in [-0.4, -0.2) is 27.6 Å². The lowest BCUT2D eigenvalue weighted by molar-refractivity contribution is 0.0949. The summed E-state index contributed by atoms with van der Waals surface area (Å²) in [5.41, 5.74) is 0.916. The van der Waals surface area contributed by atoms with Crippen molar-refractivity contribution < 1.29 is 9.59 Å². The third kappa shape index (κ3) is 3.89. The van der Waals surface area contributed by atoms with Crippen LogP contribution in [0.2, 0.25) is 0 Å². The van der Waals surface area contributed by atoms with Crippen LogP contribution in [0.3, 0.4) is 0 Å². The summed E-state index contributed by atoms with van der Waals surface area (Å²) in [6, 6.07) is 13.8. The van der Waals surface area contributed by atoms with E-state index in [1.807, 2.05) is 13.8 Å². The van der Waals surface area contributed by atoms with Crippen molar-refractivity contribution in [1.82, 2.24) is 15.1 Å². The molecule has 2 aromatic carbocycles. The smallest absolute Gasteiger partial charge is 0.276 e. The standard InChI is InChI=1S/C22H22N4O3/c1-13(2)26-22(29)18-9-4-3-8-17(18)19(25-26)21(28)24-16-7-5-6-14(12-16)20(27)23-15-10-11-15/h3-9,12-13,15H,10-11H2,1-2H3,(H,23,27)(H,24,28). The summed E-state index contributed by atoms with van der Waals surface area (Å²) >= 11 is 0. The lowest BCUT2D eigenvalue weighted by Gasteiger charge is -2.13. The molecule has 148 valence electrons. The summed E-state index contributed by atoms with van der Waals surface area (Å²) in [4.78, 5) is 37.9. The minimum Gasteiger partial charge on any atom is -0.349 e. The van der Waals surface area contributed by atoms with Crippen molar-refractivity contribution >= 4 is 28.3 Å². The van der Waals surface area contributed by atoms with Crippen molar-refractivity contribution in [2.24, 2.45) is 0 Å². The maximum atomic E-state index is 13.0. The normalized spacial score (nSPS) is 13.5. The summed E-state index contributed by atoms with van der Waals surface area (Å²) in [6.45, 7) is 3.68. The summed E-state index contributed by atoms with van der Waals surface area (Å²) in [5.74, 6) is -0.587. The Kier molecular flexibility index (Phi) is 4.88. The van der Waals surface area contributed by atoms with Crippen LogP contribution in [0.25, 0.3) is 10.8 Å². The van der Waals surface area contributed by atoms with Crippen LogP contribution >= 0.6 is 0 Å². The van der Waals surface area contributed by atoms with Crippen LogP contribution in [0.1, 0.15) is 53.6 Å². The number of anilines is 1. The maximum absolute atomic E-state index is 13.0. The van der Waals surface area contributed by atoms with Crippen molar-refractivity contribution in [3.8, 4) is 0 Å². The minimum absolute atomic E-state index is 0.152. The highest BCUT2D eigenvalue weighted by atomic mass is 16.2. The van der Waals surface area contributed by atoms with Gasteiger partial charge in [-0.2, -0.15) is 5.10 Å². The number of hydrogen-bond acceptors (Lipinski definition) is 4. The summed E-state index contributed by atoms with van der Waals surface area (Å²) in [5, 5.41) is 11.0. The van der Waals surface area contributed by atoms with Gasteiger partial charge < -0.3 is 10.6 Å².